The van der Waals surface area contributed by atoms with Crippen LogP contribution in [0.3, 0.4) is 0 Å². The fraction of sp³-hybridized carbons (Fsp3) is 0.593. The number of hydrogen-bond acceptors (Lipinski definition) is 16. The molecule has 3 aromatic heterocycles. The van der Waals surface area contributed by atoms with Gasteiger partial charge in [-0.3, -0.25) is 29.0 Å². The van der Waals surface area contributed by atoms with E-state index in [1.54, 1.807) is 19.9 Å². The second-order valence-electron chi connectivity index (χ2n) is 11.5. The number of imidazole rings is 1. The van der Waals surface area contributed by atoms with E-state index >= 15 is 4.39 Å². The third-order valence-corrected chi connectivity index (χ3v) is 10.5. The Morgan fingerprint density at radius 2 is 2.16 bits per heavy atom. The van der Waals surface area contributed by atoms with Crippen molar-refractivity contribution in [1.29, 1.82) is 5.26 Å². The largest absolute Gasteiger partial charge is 0.695 e. The van der Waals surface area contributed by atoms with Crippen LogP contribution in [0.5, 0.6) is 5.88 Å². The summed E-state index contributed by atoms with van der Waals surface area (Å²) in [6.45, 7) is -1.94. The molecule has 4 heterocycles. The summed E-state index contributed by atoms with van der Waals surface area (Å²) in [5.41, 5.74) is -0.963. The third kappa shape index (κ3) is 9.08. The molecule has 1 aliphatic carbocycles. The van der Waals surface area contributed by atoms with Crippen molar-refractivity contribution < 1.29 is 51.3 Å². The van der Waals surface area contributed by atoms with Crippen LogP contribution >= 0.6 is 15.0 Å². The van der Waals surface area contributed by atoms with Crippen LogP contribution in [0.1, 0.15) is 39.3 Å². The van der Waals surface area contributed by atoms with E-state index in [0.717, 1.165) is 6.33 Å². The number of aromatic nitrogens is 6. The number of nitrogens with zero attached hydrogens (tertiary/aromatic N) is 6. The van der Waals surface area contributed by atoms with Crippen molar-refractivity contribution >= 4 is 49.8 Å². The minimum absolute atomic E-state index is 0.101. The van der Waals surface area contributed by atoms with Crippen molar-refractivity contribution in [2.24, 2.45) is 11.8 Å². The van der Waals surface area contributed by atoms with Crippen LogP contribution in [-0.4, -0.2) is 95.8 Å². The maximum atomic E-state index is 15.9. The van der Waals surface area contributed by atoms with E-state index in [2.05, 4.69) is 30.2 Å². The molecule has 23 heteroatoms. The summed E-state index contributed by atoms with van der Waals surface area (Å²) in [4.78, 5) is 53.3. The molecule has 4 N–H and O–H groups in total. The topological polar surface area (TPSA) is 255 Å². The number of H-pyrrole nitrogens is 1. The molecular formula is C27H34FN8O11P2S+. The van der Waals surface area contributed by atoms with E-state index in [9.17, 15) is 24.2 Å². The van der Waals surface area contributed by atoms with Gasteiger partial charge in [-0.15, -0.1) is 9.42 Å². The van der Waals surface area contributed by atoms with Crippen LogP contribution in [-0.2, 0) is 44.0 Å². The summed E-state index contributed by atoms with van der Waals surface area (Å²) >= 11 is 5.68. The average molecular weight is 760 g/mol. The first kappa shape index (κ1) is 37.8. The van der Waals surface area contributed by atoms with E-state index in [-0.39, 0.29) is 55.5 Å². The molecule has 1 unspecified atom stereocenters. The fourth-order valence-electron chi connectivity index (χ4n) is 5.32. The summed E-state index contributed by atoms with van der Waals surface area (Å²) < 4.78 is 63.5. The number of aromatic amines is 1. The number of carbonyl (C=O) groups is 1. The van der Waals surface area contributed by atoms with Gasteiger partial charge in [-0.2, -0.15) is 10.2 Å². The molecule has 50 heavy (non-hydrogen) atoms. The molecule has 1 saturated carbocycles. The van der Waals surface area contributed by atoms with Gasteiger partial charge in [0, 0.05) is 35.1 Å². The predicted molar refractivity (Wildman–Crippen MR) is 173 cm³/mol. The number of fused-ring (bicyclic) bond motifs is 1. The number of halogens is 1. The molecule has 0 radical (unpaired) electrons. The van der Waals surface area contributed by atoms with Gasteiger partial charge in [-0.05, 0) is 18.2 Å². The molecule has 270 valence electrons. The zero-order valence-corrected chi connectivity index (χ0v) is 29.2. The molecule has 1 aliphatic heterocycles. The molecule has 0 aromatic carbocycles. The average Bonchev–Trinajstić information content (AvgIpc) is 3.75. The predicted octanol–water partition coefficient (Wildman–Crippen LogP) is 2.18. The molecule has 1 amide bonds. The number of carbonyl (C=O) groups excluding carboxylic acids is 1. The number of hydrogen-bond donors (Lipinski definition) is 4. The maximum Gasteiger partial charge on any atom is 0.695 e. The van der Waals surface area contributed by atoms with Crippen molar-refractivity contribution in [1.82, 2.24) is 29.5 Å². The van der Waals surface area contributed by atoms with Crippen molar-refractivity contribution in [3.05, 3.63) is 35.3 Å². The van der Waals surface area contributed by atoms with Crippen LogP contribution in [0.4, 0.5) is 10.3 Å². The highest BCUT2D eigenvalue weighted by Crippen LogP contribution is 2.55. The zero-order chi connectivity index (χ0) is 36.0. The van der Waals surface area contributed by atoms with E-state index < -0.39 is 81.7 Å². The molecule has 2 fully saturated rings. The normalized spacial score (nSPS) is 26.5. The first-order valence-corrected chi connectivity index (χ1v) is 19.0. The van der Waals surface area contributed by atoms with Crippen LogP contribution in [0, 0.1) is 23.2 Å². The SMILES string of the molecule is CC(C)C(=O)Nc1nc2c(ncn2[C@@H]2O[C@H](CO)[C@@H](F)[C@H]2O[P@@](=S)(OCCC#N)OC[C@H]2C[C@@H](Oc3ccncn3)C[C@@H]2O[P+](=O)O)c(=O)[nH]1. The molecule has 0 bridgehead atoms. The smallest absolute Gasteiger partial charge is 0.474 e. The molecule has 3 aromatic rings. The van der Waals surface area contributed by atoms with E-state index in [1.165, 1.54) is 17.1 Å². The summed E-state index contributed by atoms with van der Waals surface area (Å²) in [5, 5.41) is 21.5. The molecule has 9 atom stereocenters. The Morgan fingerprint density at radius 3 is 2.84 bits per heavy atom. The molecule has 1 saturated heterocycles. The Labute approximate surface area is 289 Å². The van der Waals surface area contributed by atoms with Gasteiger partial charge in [0.25, 0.3) is 5.56 Å². The highest BCUT2D eigenvalue weighted by Gasteiger charge is 2.51. The third-order valence-electron chi connectivity index (χ3n) is 7.73. The van der Waals surface area contributed by atoms with Crippen LogP contribution < -0.4 is 15.6 Å². The van der Waals surface area contributed by atoms with Gasteiger partial charge < -0.3 is 23.6 Å². The summed E-state index contributed by atoms with van der Waals surface area (Å²) in [7, 11) is -3.00. The van der Waals surface area contributed by atoms with Gasteiger partial charge >= 0.3 is 15.0 Å². The highest BCUT2D eigenvalue weighted by molar-refractivity contribution is 8.07. The van der Waals surface area contributed by atoms with Gasteiger partial charge in [0.1, 0.15) is 30.7 Å². The number of aliphatic hydroxyl groups is 1. The first-order chi connectivity index (χ1) is 23.9. The minimum Gasteiger partial charge on any atom is -0.474 e. The standard InChI is InChI=1S/C27H33FN8O11P2S/c1-14(2)24(38)34-27-33-23-21(25(39)35-27)32-13-36(23)26-22(20(28)18(10-37)45-26)47-49(50,42-7-3-5-29)43-11-15-8-16(9-17(15)46-48(40)41)44-19-4-6-30-12-31-19/h4,6,12-18,20,22,26,37H,3,7-11H2,1-2H3,(H2-,33,34,35,38,39,40,41)/p+1/t15-,16-,17+,18-,20-,22-,26-,49-/m1/s1. The number of amides is 1. The van der Waals surface area contributed by atoms with Crippen molar-refractivity contribution in [2.45, 2.75) is 69.9 Å². The quantitative estimate of drug-likeness (QED) is 0.121. The Hall–Kier alpha value is -3.41. The summed E-state index contributed by atoms with van der Waals surface area (Å²) in [6.07, 6.45) is -3.48. The summed E-state index contributed by atoms with van der Waals surface area (Å²) in [6, 6.07) is 3.46. The number of aliphatic hydroxyl groups excluding tert-OH is 1. The number of nitriles is 1. The van der Waals surface area contributed by atoms with Gasteiger partial charge in [0.05, 0.1) is 38.6 Å². The molecule has 19 nitrogen and oxygen atoms in total. The highest BCUT2D eigenvalue weighted by atomic mass is 32.5. The lowest BCUT2D eigenvalue weighted by Gasteiger charge is -2.29. The zero-order valence-electron chi connectivity index (χ0n) is 26.6. The number of rotatable bonds is 16. The molecule has 2 aliphatic rings. The lowest BCUT2D eigenvalue weighted by molar-refractivity contribution is -0.118. The number of nitrogens with one attached hydrogen (secondary N) is 2. The van der Waals surface area contributed by atoms with E-state index in [4.69, 9.17) is 44.6 Å². The van der Waals surface area contributed by atoms with Gasteiger partial charge in [-0.1, -0.05) is 13.8 Å². The second-order valence-corrected chi connectivity index (χ2v) is 15.2. The number of anilines is 1. The van der Waals surface area contributed by atoms with E-state index in [1.807, 2.05) is 6.07 Å². The second kappa shape index (κ2) is 16.7. The lowest BCUT2D eigenvalue weighted by Crippen LogP contribution is -2.32. The minimum atomic E-state index is -3.97. The molecular weight excluding hydrogens is 725 g/mol. The monoisotopic (exact) mass is 759 g/mol. The Kier molecular flexibility index (Phi) is 12.7. The van der Waals surface area contributed by atoms with Crippen LogP contribution in [0.25, 0.3) is 11.2 Å². The lowest BCUT2D eigenvalue weighted by atomic mass is 10.1. The Morgan fingerprint density at radius 1 is 1.36 bits per heavy atom. The summed E-state index contributed by atoms with van der Waals surface area (Å²) in [5.74, 6) is -1.35. The Bertz CT molecular complexity index is 1820. The molecule has 5 rings (SSSR count). The molecule has 0 spiro atoms. The van der Waals surface area contributed by atoms with Crippen molar-refractivity contribution in [2.75, 3.05) is 25.1 Å². The first-order valence-electron chi connectivity index (χ1n) is 15.3. The van der Waals surface area contributed by atoms with Gasteiger partial charge in [0.15, 0.2) is 23.6 Å². The van der Waals surface area contributed by atoms with Crippen molar-refractivity contribution in [3.8, 4) is 11.9 Å². The van der Waals surface area contributed by atoms with Gasteiger partial charge in [0.2, 0.25) is 17.7 Å². The number of alkyl halides is 1. The van der Waals surface area contributed by atoms with Crippen molar-refractivity contribution in [3.63, 3.8) is 0 Å². The Balaban J connectivity index is 1.40. The maximum absolute atomic E-state index is 15.9. The van der Waals surface area contributed by atoms with E-state index in [0.29, 0.717) is 0 Å². The number of ether oxygens (including phenoxy) is 2. The fourth-order valence-corrected chi connectivity index (χ4v) is 7.92. The van der Waals surface area contributed by atoms with Crippen LogP contribution in [0.2, 0.25) is 0 Å². The van der Waals surface area contributed by atoms with Gasteiger partial charge in [-0.25, -0.2) is 19.3 Å². The van der Waals surface area contributed by atoms with Crippen LogP contribution in [0.15, 0.2) is 29.7 Å².